The summed E-state index contributed by atoms with van der Waals surface area (Å²) in [6.07, 6.45) is 10.7. The standard InChI is InChI=1S/C10H22S/c1-4-6-7-8-9-10(5-2)11-3/h10H,4-9H2,1-3H3. The van der Waals surface area contributed by atoms with Gasteiger partial charge in [-0.3, -0.25) is 0 Å². The van der Waals surface area contributed by atoms with Crippen molar-refractivity contribution in [2.45, 2.75) is 57.6 Å². The molecule has 1 atom stereocenters. The van der Waals surface area contributed by atoms with Crippen molar-refractivity contribution in [3.05, 3.63) is 0 Å². The Morgan fingerprint density at radius 1 is 1.09 bits per heavy atom. The monoisotopic (exact) mass is 174 g/mol. The maximum atomic E-state index is 2.29. The van der Waals surface area contributed by atoms with E-state index in [4.69, 9.17) is 0 Å². The normalized spacial score (nSPS) is 13.4. The highest BCUT2D eigenvalue weighted by atomic mass is 32.2. The van der Waals surface area contributed by atoms with Crippen molar-refractivity contribution in [3.8, 4) is 0 Å². The first-order chi connectivity index (χ1) is 5.35. The van der Waals surface area contributed by atoms with Crippen LogP contribution in [0.2, 0.25) is 0 Å². The summed E-state index contributed by atoms with van der Waals surface area (Å²) in [5.74, 6) is 0. The fourth-order valence-corrected chi connectivity index (χ4v) is 2.02. The molecular formula is C10H22S. The molecule has 0 nitrogen and oxygen atoms in total. The molecule has 0 aliphatic rings. The Kier molecular flexibility index (Phi) is 8.72. The number of thioether (sulfide) groups is 1. The van der Waals surface area contributed by atoms with Gasteiger partial charge in [0.05, 0.1) is 0 Å². The summed E-state index contributed by atoms with van der Waals surface area (Å²) in [5.41, 5.74) is 0. The lowest BCUT2D eigenvalue weighted by Crippen LogP contribution is -1.98. The quantitative estimate of drug-likeness (QED) is 0.524. The molecule has 0 aliphatic carbocycles. The minimum Gasteiger partial charge on any atom is -0.162 e. The molecular weight excluding hydrogens is 152 g/mol. The molecule has 1 heteroatoms. The van der Waals surface area contributed by atoms with Gasteiger partial charge in [0.1, 0.15) is 0 Å². The van der Waals surface area contributed by atoms with Crippen LogP contribution in [0.4, 0.5) is 0 Å². The van der Waals surface area contributed by atoms with Gasteiger partial charge >= 0.3 is 0 Å². The topological polar surface area (TPSA) is 0 Å². The minimum absolute atomic E-state index is 0.923. The predicted molar refractivity (Wildman–Crippen MR) is 56.4 cm³/mol. The maximum Gasteiger partial charge on any atom is 0.00416 e. The fraction of sp³-hybridized carbons (Fsp3) is 1.00. The lowest BCUT2D eigenvalue weighted by atomic mass is 10.1. The molecule has 0 radical (unpaired) electrons. The molecule has 0 bridgehead atoms. The van der Waals surface area contributed by atoms with E-state index in [1.807, 2.05) is 11.8 Å². The third-order valence-corrected chi connectivity index (χ3v) is 3.40. The third-order valence-electron chi connectivity index (χ3n) is 2.17. The van der Waals surface area contributed by atoms with Crippen molar-refractivity contribution in [3.63, 3.8) is 0 Å². The molecule has 11 heavy (non-hydrogen) atoms. The average Bonchev–Trinajstić information content (AvgIpc) is 2.05. The maximum absolute atomic E-state index is 2.29. The number of rotatable bonds is 7. The van der Waals surface area contributed by atoms with Crippen molar-refractivity contribution in [1.82, 2.24) is 0 Å². The van der Waals surface area contributed by atoms with Gasteiger partial charge in [-0.05, 0) is 19.1 Å². The van der Waals surface area contributed by atoms with Gasteiger partial charge in [-0.2, -0.15) is 11.8 Å². The molecule has 0 aromatic heterocycles. The highest BCUT2D eigenvalue weighted by Gasteiger charge is 2.01. The molecule has 0 aromatic carbocycles. The van der Waals surface area contributed by atoms with E-state index in [-0.39, 0.29) is 0 Å². The van der Waals surface area contributed by atoms with Gasteiger partial charge in [0.25, 0.3) is 0 Å². The first kappa shape index (κ1) is 11.4. The van der Waals surface area contributed by atoms with Crippen LogP contribution in [0, 0.1) is 0 Å². The second-order valence-electron chi connectivity index (χ2n) is 3.12. The Morgan fingerprint density at radius 3 is 2.27 bits per heavy atom. The van der Waals surface area contributed by atoms with Crippen LogP contribution in [0.25, 0.3) is 0 Å². The van der Waals surface area contributed by atoms with Gasteiger partial charge in [0.15, 0.2) is 0 Å². The molecule has 0 heterocycles. The van der Waals surface area contributed by atoms with E-state index in [1.165, 1.54) is 38.5 Å². The van der Waals surface area contributed by atoms with Crippen molar-refractivity contribution in [1.29, 1.82) is 0 Å². The Morgan fingerprint density at radius 2 is 1.82 bits per heavy atom. The summed E-state index contributed by atoms with van der Waals surface area (Å²) in [7, 11) is 0. The Labute approximate surface area is 76.1 Å². The number of hydrogen-bond acceptors (Lipinski definition) is 1. The lowest BCUT2D eigenvalue weighted by Gasteiger charge is -2.10. The number of unbranched alkanes of at least 4 members (excludes halogenated alkanes) is 3. The van der Waals surface area contributed by atoms with Gasteiger partial charge in [-0.1, -0.05) is 39.5 Å². The molecule has 0 saturated heterocycles. The molecule has 0 spiro atoms. The predicted octanol–water partition coefficient (Wildman–Crippen LogP) is 4.10. The molecule has 0 saturated carbocycles. The van der Waals surface area contributed by atoms with Crippen LogP contribution < -0.4 is 0 Å². The highest BCUT2D eigenvalue weighted by Crippen LogP contribution is 2.18. The Hall–Kier alpha value is 0.350. The summed E-state index contributed by atoms with van der Waals surface area (Å²) < 4.78 is 0. The van der Waals surface area contributed by atoms with Crippen LogP contribution in [-0.2, 0) is 0 Å². The van der Waals surface area contributed by atoms with Crippen LogP contribution in [-0.4, -0.2) is 11.5 Å². The molecule has 1 unspecified atom stereocenters. The molecule has 0 fully saturated rings. The van der Waals surface area contributed by atoms with E-state index in [1.54, 1.807) is 0 Å². The van der Waals surface area contributed by atoms with Crippen molar-refractivity contribution in [2.24, 2.45) is 0 Å². The Balaban J connectivity index is 3.07. The van der Waals surface area contributed by atoms with Gasteiger partial charge in [-0.15, -0.1) is 0 Å². The van der Waals surface area contributed by atoms with Crippen LogP contribution in [0.3, 0.4) is 0 Å². The molecule has 0 amide bonds. The molecule has 0 aliphatic heterocycles. The van der Waals surface area contributed by atoms with E-state index in [0.717, 1.165) is 5.25 Å². The zero-order valence-electron chi connectivity index (χ0n) is 8.23. The van der Waals surface area contributed by atoms with Gasteiger partial charge in [0.2, 0.25) is 0 Å². The van der Waals surface area contributed by atoms with E-state index in [9.17, 15) is 0 Å². The van der Waals surface area contributed by atoms with Crippen molar-refractivity contribution < 1.29 is 0 Å². The zero-order valence-corrected chi connectivity index (χ0v) is 9.04. The summed E-state index contributed by atoms with van der Waals surface area (Å²) in [6, 6.07) is 0. The van der Waals surface area contributed by atoms with Gasteiger partial charge in [0, 0.05) is 5.25 Å². The van der Waals surface area contributed by atoms with E-state index in [0.29, 0.717) is 0 Å². The molecule has 68 valence electrons. The second kappa shape index (κ2) is 8.45. The SMILES string of the molecule is CCCCCCC(CC)SC. The first-order valence-corrected chi connectivity index (χ1v) is 6.16. The largest absolute Gasteiger partial charge is 0.162 e. The summed E-state index contributed by atoms with van der Waals surface area (Å²) in [5, 5.41) is 0.923. The highest BCUT2D eigenvalue weighted by molar-refractivity contribution is 7.99. The van der Waals surface area contributed by atoms with Crippen LogP contribution in [0.5, 0.6) is 0 Å². The van der Waals surface area contributed by atoms with E-state index in [2.05, 4.69) is 20.1 Å². The van der Waals surface area contributed by atoms with Gasteiger partial charge in [-0.25, -0.2) is 0 Å². The van der Waals surface area contributed by atoms with Crippen molar-refractivity contribution >= 4 is 11.8 Å². The fourth-order valence-electron chi connectivity index (χ4n) is 1.29. The molecule has 0 aromatic rings. The average molecular weight is 174 g/mol. The molecule has 0 rings (SSSR count). The number of hydrogen-bond donors (Lipinski definition) is 0. The first-order valence-electron chi connectivity index (χ1n) is 4.87. The zero-order chi connectivity index (χ0) is 8.53. The van der Waals surface area contributed by atoms with Gasteiger partial charge < -0.3 is 0 Å². The summed E-state index contributed by atoms with van der Waals surface area (Å²) in [4.78, 5) is 0. The second-order valence-corrected chi connectivity index (χ2v) is 4.25. The Bertz CT molecular complexity index is 67.3. The lowest BCUT2D eigenvalue weighted by molar-refractivity contribution is 0.611. The minimum atomic E-state index is 0.923. The summed E-state index contributed by atoms with van der Waals surface area (Å²) in [6.45, 7) is 4.56. The third kappa shape index (κ3) is 6.74. The summed E-state index contributed by atoms with van der Waals surface area (Å²) >= 11 is 2.03. The van der Waals surface area contributed by atoms with E-state index < -0.39 is 0 Å². The smallest absolute Gasteiger partial charge is 0.00416 e. The van der Waals surface area contributed by atoms with Crippen LogP contribution in [0.1, 0.15) is 52.4 Å². The van der Waals surface area contributed by atoms with Crippen LogP contribution in [0.15, 0.2) is 0 Å². The van der Waals surface area contributed by atoms with Crippen molar-refractivity contribution in [2.75, 3.05) is 6.26 Å². The van der Waals surface area contributed by atoms with Crippen LogP contribution >= 0.6 is 11.8 Å². The van der Waals surface area contributed by atoms with E-state index >= 15 is 0 Å². The molecule has 0 N–H and O–H groups in total.